The van der Waals surface area contributed by atoms with Crippen molar-refractivity contribution in [2.45, 2.75) is 0 Å². The van der Waals surface area contributed by atoms with Gasteiger partial charge in [0.15, 0.2) is 0 Å². The second kappa shape index (κ2) is 4.82. The molecule has 0 heterocycles. The lowest BCUT2D eigenvalue weighted by Gasteiger charge is -2.21. The lowest BCUT2D eigenvalue weighted by Crippen LogP contribution is -2.11. The minimum atomic E-state index is -0.485. The Labute approximate surface area is 109 Å². The Bertz CT molecular complexity index is 587. The van der Waals surface area contributed by atoms with Gasteiger partial charge in [0, 0.05) is 12.7 Å². The van der Waals surface area contributed by atoms with Crippen LogP contribution >= 0.6 is 11.6 Å². The molecule has 2 aromatic rings. The zero-order valence-electron chi connectivity index (χ0n) is 9.62. The molecule has 2 N–H and O–H groups in total. The number of rotatable bonds is 2. The topological polar surface area (TPSA) is 29.3 Å². The van der Waals surface area contributed by atoms with E-state index in [4.69, 9.17) is 17.3 Å². The van der Waals surface area contributed by atoms with Crippen molar-refractivity contribution in [3.8, 4) is 0 Å². The fourth-order valence-corrected chi connectivity index (χ4v) is 1.84. The Morgan fingerprint density at radius 1 is 1.11 bits per heavy atom. The summed E-state index contributed by atoms with van der Waals surface area (Å²) in [6.45, 7) is 0. The van der Waals surface area contributed by atoms with Crippen molar-refractivity contribution in [2.75, 3.05) is 17.7 Å². The fraction of sp³-hybridized carbons (Fsp3) is 0.0769. The zero-order chi connectivity index (χ0) is 13.3. The Balaban J connectivity index is 2.41. The third kappa shape index (κ3) is 2.38. The molecule has 18 heavy (non-hydrogen) atoms. The lowest BCUT2D eigenvalue weighted by molar-refractivity contribution is 0.628. The number of nitrogen functional groups attached to an aromatic ring is 1. The van der Waals surface area contributed by atoms with Gasteiger partial charge in [0.2, 0.25) is 0 Å². The van der Waals surface area contributed by atoms with Gasteiger partial charge in [-0.25, -0.2) is 8.78 Å². The van der Waals surface area contributed by atoms with Gasteiger partial charge >= 0.3 is 0 Å². The van der Waals surface area contributed by atoms with Crippen molar-refractivity contribution < 1.29 is 8.78 Å². The number of anilines is 3. The van der Waals surface area contributed by atoms with Crippen LogP contribution in [0.4, 0.5) is 25.8 Å². The molecule has 0 atom stereocenters. The summed E-state index contributed by atoms with van der Waals surface area (Å²) in [5.41, 5.74) is 7.33. The second-order valence-corrected chi connectivity index (χ2v) is 4.27. The first kappa shape index (κ1) is 12.6. The minimum absolute atomic E-state index is 0.0278. The quantitative estimate of drug-likeness (QED) is 0.835. The largest absolute Gasteiger partial charge is 0.397 e. The first-order chi connectivity index (χ1) is 8.49. The van der Waals surface area contributed by atoms with Crippen LogP contribution in [0.2, 0.25) is 5.02 Å². The van der Waals surface area contributed by atoms with Gasteiger partial charge in [0.25, 0.3) is 0 Å². The Morgan fingerprint density at radius 2 is 1.83 bits per heavy atom. The normalized spacial score (nSPS) is 10.4. The molecule has 5 heteroatoms. The van der Waals surface area contributed by atoms with Crippen molar-refractivity contribution in [3.05, 3.63) is 53.1 Å². The van der Waals surface area contributed by atoms with Crippen molar-refractivity contribution >= 4 is 28.7 Å². The summed E-state index contributed by atoms with van der Waals surface area (Å²) in [7, 11) is 1.74. The average Bonchev–Trinajstić information content (AvgIpc) is 2.32. The third-order valence-corrected chi connectivity index (χ3v) is 2.93. The molecule has 0 unspecified atom stereocenters. The summed E-state index contributed by atoms with van der Waals surface area (Å²) >= 11 is 5.72. The standard InChI is InChI=1S/C13H11ClF2N2/c1-18(9-3-4-11(16)10(14)7-9)13-5-2-8(15)6-12(13)17/h2-7H,17H2,1H3. The lowest BCUT2D eigenvalue weighted by atomic mass is 10.2. The molecule has 0 aromatic heterocycles. The van der Waals surface area contributed by atoms with E-state index in [2.05, 4.69) is 0 Å². The van der Waals surface area contributed by atoms with Gasteiger partial charge in [-0.05, 0) is 36.4 Å². The molecule has 2 aromatic carbocycles. The van der Waals surface area contributed by atoms with E-state index in [0.717, 1.165) is 0 Å². The predicted octanol–water partition coefficient (Wildman–Crippen LogP) is 3.97. The van der Waals surface area contributed by atoms with Crippen LogP contribution in [0.5, 0.6) is 0 Å². The van der Waals surface area contributed by atoms with Crippen LogP contribution in [0.3, 0.4) is 0 Å². The zero-order valence-corrected chi connectivity index (χ0v) is 10.4. The van der Waals surface area contributed by atoms with Crippen LogP contribution in [0.1, 0.15) is 0 Å². The molecular weight excluding hydrogens is 258 g/mol. The van der Waals surface area contributed by atoms with Gasteiger partial charge in [-0.15, -0.1) is 0 Å². The molecule has 0 aliphatic carbocycles. The molecule has 2 rings (SSSR count). The van der Waals surface area contributed by atoms with Gasteiger partial charge in [0.05, 0.1) is 16.4 Å². The Hall–Kier alpha value is -1.81. The number of benzene rings is 2. The summed E-state index contributed by atoms with van der Waals surface area (Å²) in [5, 5.41) is 0.0278. The van der Waals surface area contributed by atoms with E-state index in [9.17, 15) is 8.78 Å². The molecule has 0 radical (unpaired) electrons. The maximum absolute atomic E-state index is 13.1. The maximum Gasteiger partial charge on any atom is 0.141 e. The molecule has 0 saturated carbocycles. The number of halogens is 3. The van der Waals surface area contributed by atoms with E-state index >= 15 is 0 Å². The summed E-state index contributed by atoms with van der Waals surface area (Å²) in [6, 6.07) is 8.43. The summed E-state index contributed by atoms with van der Waals surface area (Å²) in [4.78, 5) is 1.71. The predicted molar refractivity (Wildman–Crippen MR) is 70.3 cm³/mol. The molecule has 0 amide bonds. The number of nitrogens with zero attached hydrogens (tertiary/aromatic N) is 1. The third-order valence-electron chi connectivity index (χ3n) is 2.64. The minimum Gasteiger partial charge on any atom is -0.397 e. The van der Waals surface area contributed by atoms with E-state index in [-0.39, 0.29) is 5.02 Å². The van der Waals surface area contributed by atoms with Gasteiger partial charge in [-0.2, -0.15) is 0 Å². The monoisotopic (exact) mass is 268 g/mol. The van der Waals surface area contributed by atoms with E-state index < -0.39 is 11.6 Å². The molecular formula is C13H11ClF2N2. The molecule has 0 saturated heterocycles. The van der Waals surface area contributed by atoms with Crippen LogP contribution in [-0.2, 0) is 0 Å². The highest BCUT2D eigenvalue weighted by atomic mass is 35.5. The van der Waals surface area contributed by atoms with Crippen molar-refractivity contribution in [1.82, 2.24) is 0 Å². The maximum atomic E-state index is 13.1. The van der Waals surface area contributed by atoms with E-state index in [1.807, 2.05) is 0 Å². The molecule has 0 aliphatic rings. The van der Waals surface area contributed by atoms with Crippen molar-refractivity contribution in [3.63, 3.8) is 0 Å². The highest BCUT2D eigenvalue weighted by molar-refractivity contribution is 6.31. The summed E-state index contributed by atoms with van der Waals surface area (Å²) < 4.78 is 26.0. The van der Waals surface area contributed by atoms with Gasteiger partial charge in [-0.3, -0.25) is 0 Å². The first-order valence-corrected chi connectivity index (χ1v) is 5.60. The molecule has 94 valence electrons. The Kier molecular flexibility index (Phi) is 3.39. The summed E-state index contributed by atoms with van der Waals surface area (Å²) in [5.74, 6) is -0.886. The van der Waals surface area contributed by atoms with Crippen LogP contribution in [0, 0.1) is 11.6 Å². The van der Waals surface area contributed by atoms with Crippen molar-refractivity contribution in [1.29, 1.82) is 0 Å². The molecule has 2 nitrogen and oxygen atoms in total. The van der Waals surface area contributed by atoms with Gasteiger partial charge in [0.1, 0.15) is 11.6 Å². The summed E-state index contributed by atoms with van der Waals surface area (Å²) in [6.07, 6.45) is 0. The number of hydrogen-bond acceptors (Lipinski definition) is 2. The highest BCUT2D eigenvalue weighted by Gasteiger charge is 2.10. The fourth-order valence-electron chi connectivity index (χ4n) is 1.66. The van der Waals surface area contributed by atoms with E-state index in [0.29, 0.717) is 17.1 Å². The smallest absolute Gasteiger partial charge is 0.141 e. The van der Waals surface area contributed by atoms with Crippen LogP contribution in [-0.4, -0.2) is 7.05 Å². The van der Waals surface area contributed by atoms with E-state index in [1.165, 1.54) is 24.3 Å². The van der Waals surface area contributed by atoms with Crippen LogP contribution < -0.4 is 10.6 Å². The van der Waals surface area contributed by atoms with Crippen molar-refractivity contribution in [2.24, 2.45) is 0 Å². The first-order valence-electron chi connectivity index (χ1n) is 5.23. The number of hydrogen-bond donors (Lipinski definition) is 1. The van der Waals surface area contributed by atoms with E-state index in [1.54, 1.807) is 24.1 Å². The van der Waals surface area contributed by atoms with Gasteiger partial charge < -0.3 is 10.6 Å². The molecule has 0 bridgehead atoms. The molecule has 0 spiro atoms. The van der Waals surface area contributed by atoms with Crippen LogP contribution in [0.25, 0.3) is 0 Å². The SMILES string of the molecule is CN(c1ccc(F)c(Cl)c1)c1ccc(F)cc1N. The highest BCUT2D eigenvalue weighted by Crippen LogP contribution is 2.31. The second-order valence-electron chi connectivity index (χ2n) is 3.86. The van der Waals surface area contributed by atoms with Gasteiger partial charge in [-0.1, -0.05) is 11.6 Å². The average molecular weight is 269 g/mol. The van der Waals surface area contributed by atoms with Crippen LogP contribution in [0.15, 0.2) is 36.4 Å². The Morgan fingerprint density at radius 3 is 2.44 bits per heavy atom. The molecule has 0 fully saturated rings. The number of nitrogens with two attached hydrogens (primary N) is 1. The molecule has 0 aliphatic heterocycles.